The number of aliphatic hydroxyl groups is 2. The second-order valence-corrected chi connectivity index (χ2v) is 10.9. The fourth-order valence-electron chi connectivity index (χ4n) is 6.39. The van der Waals surface area contributed by atoms with Crippen molar-refractivity contribution in [2.75, 3.05) is 0 Å². The van der Waals surface area contributed by atoms with Crippen molar-refractivity contribution in [2.24, 2.45) is 17.6 Å². The third-order valence-corrected chi connectivity index (χ3v) is 8.48. The van der Waals surface area contributed by atoms with Crippen LogP contribution in [0.4, 0.5) is 0 Å². The van der Waals surface area contributed by atoms with Crippen LogP contribution in [-0.4, -0.2) is 37.5 Å². The smallest absolute Gasteiger partial charge is 0.265 e. The molecule has 0 amide bonds. The number of hydrogen-bond acceptors (Lipinski definition) is 10. The van der Waals surface area contributed by atoms with Gasteiger partial charge in [-0.15, -0.1) is 0 Å². The van der Waals surface area contributed by atoms with Crippen LogP contribution < -0.4 is 15.2 Å². The fraction of sp³-hybridized carbons (Fsp3) is 0.250. The summed E-state index contributed by atoms with van der Waals surface area (Å²) in [5, 5.41) is 27.5. The van der Waals surface area contributed by atoms with E-state index in [1.807, 2.05) is 60.7 Å². The van der Waals surface area contributed by atoms with E-state index in [-0.39, 0.29) is 53.7 Å². The monoisotopic (exact) mass is 565 g/mol. The van der Waals surface area contributed by atoms with Crippen LogP contribution >= 0.6 is 0 Å². The lowest BCUT2D eigenvalue weighted by Gasteiger charge is -2.47. The molecule has 0 saturated heterocycles. The summed E-state index contributed by atoms with van der Waals surface area (Å²) in [4.78, 5) is 32.2. The predicted molar refractivity (Wildman–Crippen MR) is 148 cm³/mol. The van der Waals surface area contributed by atoms with Gasteiger partial charge in [0.1, 0.15) is 30.3 Å². The molecular weight excluding hydrogens is 538 g/mol. The number of carbonyl (C=O) groups is 2. The minimum atomic E-state index is -2.46. The first-order valence-corrected chi connectivity index (χ1v) is 13.7. The number of ether oxygens (including phenoxy) is 2. The standard InChI is InChI=1S/C32H27N3O7/c33-26-21-12-19-11-20-13-34-14-22(40-15-17-7-3-1-4-8-17)23(20)27(36)24(19)29(37)32(21,39)30(38)25-28(26)42-35-31(25)41-16-18-9-5-2-6-10-18/h1-10,13-14,19,21,26,37,39H,11-12,15-16,33H2/t19-,21-,26-,32-/m0/s1. The molecule has 0 radical (unpaired) electrons. The maximum atomic E-state index is 14.0. The third kappa shape index (κ3) is 3.94. The van der Waals surface area contributed by atoms with Crippen molar-refractivity contribution >= 4 is 11.6 Å². The van der Waals surface area contributed by atoms with Gasteiger partial charge in [-0.1, -0.05) is 60.7 Å². The average Bonchev–Trinajstić information content (AvgIpc) is 3.44. The summed E-state index contributed by atoms with van der Waals surface area (Å²) in [5.74, 6) is -3.34. The van der Waals surface area contributed by atoms with E-state index in [4.69, 9.17) is 19.7 Å². The van der Waals surface area contributed by atoms with Crippen molar-refractivity contribution in [3.05, 3.63) is 118 Å². The molecule has 0 bridgehead atoms. The summed E-state index contributed by atoms with van der Waals surface area (Å²) in [7, 11) is 0. The SMILES string of the molecule is N[C@@H]1c2onc(OCc3ccccc3)c2C(=O)[C@@]2(O)C(O)=C3C(=O)c4c(cncc4OCc4ccccc4)C[C@H]3C[C@@H]12. The zero-order valence-corrected chi connectivity index (χ0v) is 22.4. The number of pyridine rings is 1. The van der Waals surface area contributed by atoms with Crippen molar-refractivity contribution in [2.45, 2.75) is 37.7 Å². The van der Waals surface area contributed by atoms with Gasteiger partial charge in [0.25, 0.3) is 5.88 Å². The summed E-state index contributed by atoms with van der Waals surface area (Å²) < 4.78 is 17.2. The Balaban J connectivity index is 1.24. The number of Topliss-reactive ketones (excluding diaryl/α,β-unsaturated/α-hetero) is 2. The number of aliphatic hydroxyl groups excluding tert-OH is 1. The van der Waals surface area contributed by atoms with E-state index >= 15 is 0 Å². The van der Waals surface area contributed by atoms with Crippen molar-refractivity contribution in [3.63, 3.8) is 0 Å². The van der Waals surface area contributed by atoms with Crippen LogP contribution in [0, 0.1) is 11.8 Å². The molecule has 0 aliphatic heterocycles. The number of rotatable bonds is 6. The molecule has 4 N–H and O–H groups in total. The van der Waals surface area contributed by atoms with Crippen LogP contribution in [-0.2, 0) is 19.6 Å². The number of aromatic nitrogens is 2. The maximum Gasteiger partial charge on any atom is 0.265 e. The van der Waals surface area contributed by atoms with E-state index in [1.165, 1.54) is 6.20 Å². The fourth-order valence-corrected chi connectivity index (χ4v) is 6.39. The molecule has 0 fully saturated rings. The van der Waals surface area contributed by atoms with Gasteiger partial charge in [0.15, 0.2) is 17.1 Å². The molecular formula is C32H27N3O7. The van der Waals surface area contributed by atoms with Gasteiger partial charge < -0.3 is 29.9 Å². The highest BCUT2D eigenvalue weighted by Crippen LogP contribution is 2.54. The predicted octanol–water partition coefficient (Wildman–Crippen LogP) is 4.04. The van der Waals surface area contributed by atoms with Gasteiger partial charge in [0.05, 0.1) is 17.8 Å². The highest BCUT2D eigenvalue weighted by atomic mass is 16.5. The lowest BCUT2D eigenvalue weighted by molar-refractivity contribution is -0.0356. The Bertz CT molecular complexity index is 1730. The van der Waals surface area contributed by atoms with E-state index in [2.05, 4.69) is 10.1 Å². The largest absolute Gasteiger partial charge is 0.508 e. The molecule has 42 heavy (non-hydrogen) atoms. The van der Waals surface area contributed by atoms with E-state index in [9.17, 15) is 19.8 Å². The van der Waals surface area contributed by atoms with E-state index in [1.54, 1.807) is 6.20 Å². The molecule has 4 aromatic rings. The molecule has 10 nitrogen and oxygen atoms in total. The average molecular weight is 566 g/mol. The van der Waals surface area contributed by atoms with E-state index in [0.29, 0.717) is 12.0 Å². The van der Waals surface area contributed by atoms with Gasteiger partial charge >= 0.3 is 0 Å². The number of carbonyl (C=O) groups excluding carboxylic acids is 2. The van der Waals surface area contributed by atoms with Gasteiger partial charge in [0, 0.05) is 17.7 Å². The Hall–Kier alpha value is -4.80. The number of hydrogen-bond donors (Lipinski definition) is 3. The second kappa shape index (κ2) is 9.93. The van der Waals surface area contributed by atoms with Crippen LogP contribution in [0.2, 0.25) is 0 Å². The van der Waals surface area contributed by atoms with Gasteiger partial charge in [-0.05, 0) is 40.6 Å². The zero-order chi connectivity index (χ0) is 29.0. The highest BCUT2D eigenvalue weighted by molar-refractivity contribution is 6.15. The third-order valence-electron chi connectivity index (χ3n) is 8.48. The van der Waals surface area contributed by atoms with Crippen LogP contribution in [0.1, 0.15) is 55.6 Å². The normalized spacial score (nSPS) is 24.4. The summed E-state index contributed by atoms with van der Waals surface area (Å²) in [6, 6.07) is 17.8. The van der Waals surface area contributed by atoms with E-state index < -0.39 is 40.8 Å². The first-order chi connectivity index (χ1) is 20.4. The van der Waals surface area contributed by atoms with Gasteiger partial charge in [-0.3, -0.25) is 14.6 Å². The van der Waals surface area contributed by atoms with Crippen LogP contribution in [0.5, 0.6) is 11.6 Å². The molecule has 212 valence electrons. The summed E-state index contributed by atoms with van der Waals surface area (Å²) in [6.45, 7) is 0.302. The number of nitrogens with two attached hydrogens (primary N) is 1. The molecule has 0 unspecified atom stereocenters. The molecule has 3 aliphatic rings. The minimum absolute atomic E-state index is 0.0239. The minimum Gasteiger partial charge on any atom is -0.508 e. The Kier molecular flexibility index (Phi) is 6.18. The molecule has 0 spiro atoms. The zero-order valence-electron chi connectivity index (χ0n) is 22.4. The number of nitrogens with zero attached hydrogens (tertiary/aromatic N) is 2. The molecule has 0 saturated carbocycles. The number of allylic oxidation sites excluding steroid dienone is 1. The topological polar surface area (TPSA) is 158 Å². The Labute approximate surface area is 240 Å². The van der Waals surface area contributed by atoms with Crippen molar-refractivity contribution in [3.8, 4) is 11.6 Å². The lowest BCUT2D eigenvalue weighted by Crippen LogP contribution is -2.58. The summed E-state index contributed by atoms with van der Waals surface area (Å²) in [6.07, 6.45) is 3.56. The Morgan fingerprint density at radius 1 is 0.952 bits per heavy atom. The van der Waals surface area contributed by atoms with Gasteiger partial charge in [0.2, 0.25) is 5.78 Å². The first kappa shape index (κ1) is 26.1. The molecule has 7 rings (SSSR count). The quantitative estimate of drug-likeness (QED) is 0.312. The molecule has 2 aromatic heterocycles. The van der Waals surface area contributed by atoms with Gasteiger partial charge in [-0.25, -0.2) is 0 Å². The van der Waals surface area contributed by atoms with Crippen molar-refractivity contribution in [1.29, 1.82) is 0 Å². The van der Waals surface area contributed by atoms with Crippen molar-refractivity contribution in [1.82, 2.24) is 10.1 Å². The van der Waals surface area contributed by atoms with E-state index in [0.717, 1.165) is 11.1 Å². The molecule has 2 heterocycles. The highest BCUT2D eigenvalue weighted by Gasteiger charge is 2.62. The maximum absolute atomic E-state index is 14.0. The number of fused-ring (bicyclic) bond motifs is 4. The molecule has 10 heteroatoms. The molecule has 3 aliphatic carbocycles. The number of ketones is 2. The first-order valence-electron chi connectivity index (χ1n) is 13.7. The van der Waals surface area contributed by atoms with Crippen molar-refractivity contribution < 1.29 is 33.8 Å². The summed E-state index contributed by atoms with van der Waals surface area (Å²) >= 11 is 0. The lowest BCUT2D eigenvalue weighted by atomic mass is 9.59. The van der Waals surface area contributed by atoms with Gasteiger partial charge in [-0.2, -0.15) is 0 Å². The van der Waals surface area contributed by atoms with Crippen LogP contribution in [0.15, 0.2) is 88.9 Å². The van der Waals surface area contributed by atoms with Crippen LogP contribution in [0.3, 0.4) is 0 Å². The Morgan fingerprint density at radius 3 is 2.31 bits per heavy atom. The second-order valence-electron chi connectivity index (χ2n) is 10.9. The summed E-state index contributed by atoms with van der Waals surface area (Å²) in [5.41, 5.74) is 6.58. The van der Waals surface area contributed by atoms with Crippen LogP contribution in [0.25, 0.3) is 0 Å². The molecule has 4 atom stereocenters. The molecule has 2 aromatic carbocycles. The Morgan fingerprint density at radius 2 is 1.62 bits per heavy atom. The number of benzene rings is 2.